The van der Waals surface area contributed by atoms with Gasteiger partial charge in [-0.1, -0.05) is 91.0 Å². The van der Waals surface area contributed by atoms with Crippen molar-refractivity contribution < 1.29 is 55.1 Å². The molecule has 8 N–H and O–H groups in total. The van der Waals surface area contributed by atoms with Gasteiger partial charge in [0.05, 0.1) is 6.61 Å². The van der Waals surface area contributed by atoms with Crippen LogP contribution in [0.15, 0.2) is 91.0 Å². The van der Waals surface area contributed by atoms with Crippen molar-refractivity contribution in [2.24, 2.45) is 0 Å². The van der Waals surface area contributed by atoms with E-state index in [2.05, 4.69) is 4.74 Å². The predicted molar refractivity (Wildman–Crippen MR) is 135 cm³/mol. The highest BCUT2D eigenvalue weighted by Gasteiger charge is 2.59. The van der Waals surface area contributed by atoms with E-state index in [9.17, 15) is 45.6 Å². The first-order valence-corrected chi connectivity index (χ1v) is 12.0. The monoisotopic (exact) mass is 544 g/mol. The van der Waals surface area contributed by atoms with Gasteiger partial charge in [-0.3, -0.25) is 0 Å². The molecule has 0 heterocycles. The summed E-state index contributed by atoms with van der Waals surface area (Å²) in [6.07, 6.45) is -11.4. The van der Waals surface area contributed by atoms with Gasteiger partial charge >= 0.3 is 5.97 Å². The summed E-state index contributed by atoms with van der Waals surface area (Å²) >= 11 is 0. The van der Waals surface area contributed by atoms with Crippen molar-refractivity contribution in [1.82, 2.24) is 0 Å². The lowest BCUT2D eigenvalue weighted by Crippen LogP contribution is -2.69. The van der Waals surface area contributed by atoms with Gasteiger partial charge in [-0.05, 0) is 23.6 Å². The number of rotatable bonds is 12. The van der Waals surface area contributed by atoms with E-state index in [1.165, 1.54) is 6.92 Å². The molecule has 11 heteroatoms. The molecule has 4 unspecified atom stereocenters. The van der Waals surface area contributed by atoms with Crippen LogP contribution in [0, 0.1) is 0 Å². The standard InChI is InChI=1S/C28H32O11/c1-2-38-23(31)21(29)27(34,35)25(33)28(36,37)22(30)24(32)39-26(18-12-6-3-7-13-18,19-14-8-4-9-15-19)20-16-10-5-11-17-20/h3-17,21-22,24-25,29-30,32-37H,2H2,1H3. The van der Waals surface area contributed by atoms with Crippen LogP contribution >= 0.6 is 0 Å². The Morgan fingerprint density at radius 3 is 1.44 bits per heavy atom. The minimum Gasteiger partial charge on any atom is -0.464 e. The Morgan fingerprint density at radius 1 is 0.692 bits per heavy atom. The molecule has 0 spiro atoms. The smallest absolute Gasteiger partial charge is 0.340 e. The first kappa shape index (κ1) is 30.3. The van der Waals surface area contributed by atoms with E-state index in [1.807, 2.05) is 0 Å². The molecule has 0 amide bonds. The zero-order valence-corrected chi connectivity index (χ0v) is 21.0. The molecule has 3 aromatic rings. The third kappa shape index (κ3) is 6.02. The molecule has 0 bridgehead atoms. The second-order valence-corrected chi connectivity index (χ2v) is 8.86. The average molecular weight is 545 g/mol. The maximum absolute atomic E-state index is 11.8. The third-order valence-corrected chi connectivity index (χ3v) is 6.26. The van der Waals surface area contributed by atoms with Crippen molar-refractivity contribution >= 4 is 5.97 Å². The number of benzene rings is 3. The van der Waals surface area contributed by atoms with Gasteiger partial charge in [0.15, 0.2) is 18.5 Å². The average Bonchev–Trinajstić information content (AvgIpc) is 2.95. The molecule has 0 fully saturated rings. The largest absolute Gasteiger partial charge is 0.464 e. The molecule has 0 aliphatic carbocycles. The Kier molecular flexibility index (Phi) is 9.56. The van der Waals surface area contributed by atoms with Crippen LogP contribution in [0.4, 0.5) is 0 Å². The lowest BCUT2D eigenvalue weighted by molar-refractivity contribution is -0.384. The van der Waals surface area contributed by atoms with Gasteiger partial charge < -0.3 is 50.3 Å². The number of hydrogen-bond donors (Lipinski definition) is 8. The summed E-state index contributed by atoms with van der Waals surface area (Å²) < 4.78 is 10.5. The second-order valence-electron chi connectivity index (χ2n) is 8.86. The third-order valence-electron chi connectivity index (χ3n) is 6.26. The van der Waals surface area contributed by atoms with E-state index in [1.54, 1.807) is 91.0 Å². The molecular weight excluding hydrogens is 512 g/mol. The molecule has 0 aliphatic heterocycles. The molecule has 4 atom stereocenters. The zero-order chi connectivity index (χ0) is 28.8. The summed E-state index contributed by atoms with van der Waals surface area (Å²) in [6, 6.07) is 25.6. The van der Waals surface area contributed by atoms with Crippen LogP contribution in [0.25, 0.3) is 0 Å². The van der Waals surface area contributed by atoms with Crippen molar-refractivity contribution in [2.45, 2.75) is 48.7 Å². The number of carbonyl (C=O) groups is 1. The number of aliphatic hydroxyl groups is 8. The predicted octanol–water partition coefficient (Wildman–Crippen LogP) is -0.679. The van der Waals surface area contributed by atoms with E-state index >= 15 is 0 Å². The van der Waals surface area contributed by atoms with E-state index in [-0.39, 0.29) is 6.61 Å². The molecule has 39 heavy (non-hydrogen) atoms. The highest BCUT2D eigenvalue weighted by molar-refractivity contribution is 5.75. The lowest BCUT2D eigenvalue weighted by atomic mass is 9.80. The Morgan fingerprint density at radius 2 is 1.08 bits per heavy atom. The summed E-state index contributed by atoms with van der Waals surface area (Å²) in [5.74, 6) is -9.46. The highest BCUT2D eigenvalue weighted by atomic mass is 16.6. The zero-order valence-electron chi connectivity index (χ0n) is 21.0. The number of esters is 1. The van der Waals surface area contributed by atoms with Crippen LogP contribution in [-0.2, 0) is 19.9 Å². The Balaban J connectivity index is 2.06. The topological polar surface area (TPSA) is 197 Å². The Labute approximate surface area is 224 Å². The van der Waals surface area contributed by atoms with E-state index in [4.69, 9.17) is 4.74 Å². The normalized spacial score (nSPS) is 15.7. The van der Waals surface area contributed by atoms with Crippen LogP contribution in [0.1, 0.15) is 23.6 Å². The lowest BCUT2D eigenvalue weighted by Gasteiger charge is -2.43. The first-order chi connectivity index (χ1) is 18.4. The number of ether oxygens (including phenoxy) is 2. The summed E-state index contributed by atoms with van der Waals surface area (Å²) in [6.45, 7) is 1.08. The molecule has 0 radical (unpaired) electrons. The van der Waals surface area contributed by atoms with Crippen molar-refractivity contribution in [2.75, 3.05) is 6.61 Å². The van der Waals surface area contributed by atoms with Gasteiger partial charge in [-0.25, -0.2) is 4.79 Å². The summed E-state index contributed by atoms with van der Waals surface area (Å²) in [4.78, 5) is 11.8. The van der Waals surface area contributed by atoms with Crippen LogP contribution in [0.2, 0.25) is 0 Å². The van der Waals surface area contributed by atoms with Crippen LogP contribution in [0.5, 0.6) is 0 Å². The molecule has 0 saturated carbocycles. The van der Waals surface area contributed by atoms with E-state index < -0.39 is 47.7 Å². The molecule has 11 nitrogen and oxygen atoms in total. The molecule has 3 rings (SSSR count). The van der Waals surface area contributed by atoms with Crippen LogP contribution in [0.3, 0.4) is 0 Å². The van der Waals surface area contributed by atoms with Gasteiger partial charge in [0.2, 0.25) is 17.7 Å². The summed E-state index contributed by atoms with van der Waals surface area (Å²) in [7, 11) is 0. The van der Waals surface area contributed by atoms with E-state index in [0.29, 0.717) is 16.7 Å². The Hall–Kier alpha value is -3.23. The minimum atomic E-state index is -3.94. The van der Waals surface area contributed by atoms with Gasteiger partial charge in [0, 0.05) is 0 Å². The second kappa shape index (κ2) is 12.3. The first-order valence-electron chi connectivity index (χ1n) is 12.0. The van der Waals surface area contributed by atoms with Gasteiger partial charge in [0.1, 0.15) is 5.60 Å². The fourth-order valence-electron chi connectivity index (χ4n) is 4.20. The van der Waals surface area contributed by atoms with Crippen molar-refractivity contribution in [1.29, 1.82) is 0 Å². The molecular formula is C28H32O11. The maximum Gasteiger partial charge on any atom is 0.340 e. The van der Waals surface area contributed by atoms with Crippen molar-refractivity contribution in [3.8, 4) is 0 Å². The van der Waals surface area contributed by atoms with Gasteiger partial charge in [-0.2, -0.15) is 0 Å². The summed E-state index contributed by atoms with van der Waals surface area (Å²) in [5, 5.41) is 83.5. The molecule has 210 valence electrons. The summed E-state index contributed by atoms with van der Waals surface area (Å²) in [5.41, 5.74) is -0.267. The van der Waals surface area contributed by atoms with Crippen molar-refractivity contribution in [3.63, 3.8) is 0 Å². The van der Waals surface area contributed by atoms with E-state index in [0.717, 1.165) is 0 Å². The van der Waals surface area contributed by atoms with Crippen molar-refractivity contribution in [3.05, 3.63) is 108 Å². The van der Waals surface area contributed by atoms with Crippen LogP contribution < -0.4 is 0 Å². The fraction of sp³-hybridized carbons (Fsp3) is 0.321. The van der Waals surface area contributed by atoms with Crippen LogP contribution in [-0.4, -0.2) is 89.6 Å². The SMILES string of the molecule is CCOC(=O)C(O)C(O)(O)C(O)C(O)(O)C(O)C(O)OC(c1ccccc1)(c1ccccc1)c1ccccc1. The molecule has 0 saturated heterocycles. The fourth-order valence-corrected chi connectivity index (χ4v) is 4.20. The number of carbonyl (C=O) groups excluding carboxylic acids is 1. The highest BCUT2D eigenvalue weighted by Crippen LogP contribution is 2.42. The maximum atomic E-state index is 11.8. The molecule has 0 aromatic heterocycles. The van der Waals surface area contributed by atoms with Gasteiger partial charge in [0.25, 0.3) is 0 Å². The Bertz CT molecular complexity index is 1090. The number of hydrogen-bond acceptors (Lipinski definition) is 11. The molecule has 3 aromatic carbocycles. The van der Waals surface area contributed by atoms with Gasteiger partial charge in [-0.15, -0.1) is 0 Å². The number of aliphatic hydroxyl groups excluding tert-OH is 4. The quantitative estimate of drug-likeness (QED) is 0.0817. The molecule has 0 aliphatic rings. The minimum absolute atomic E-state index is 0.277.